The molecule has 1 aromatic heterocycles. The fourth-order valence-electron chi connectivity index (χ4n) is 1.84. The van der Waals surface area contributed by atoms with Crippen LogP contribution in [0.15, 0.2) is 42.5 Å². The highest BCUT2D eigenvalue weighted by Crippen LogP contribution is 2.26. The molecule has 3 aromatic rings. The molecule has 0 fully saturated rings. The first-order chi connectivity index (χ1) is 9.66. The molecule has 0 aliphatic heterocycles. The maximum absolute atomic E-state index is 13.8. The highest BCUT2D eigenvalue weighted by atomic mass is 35.5. The molecule has 0 unspecified atom stereocenters. The summed E-state index contributed by atoms with van der Waals surface area (Å²) in [5.74, 6) is -0.0264. The average molecular weight is 290 g/mol. The van der Waals surface area contributed by atoms with Gasteiger partial charge in [0, 0.05) is 5.56 Å². The molecular formula is C13H9ClFN5. The van der Waals surface area contributed by atoms with Gasteiger partial charge in [-0.1, -0.05) is 23.7 Å². The largest absolute Gasteiger partial charge is 0.398 e. The number of nitrogens with two attached hydrogens (primary N) is 1. The van der Waals surface area contributed by atoms with Crippen molar-refractivity contribution >= 4 is 17.3 Å². The minimum Gasteiger partial charge on any atom is -0.398 e. The summed E-state index contributed by atoms with van der Waals surface area (Å²) < 4.78 is 15.1. The molecule has 3 rings (SSSR count). The Labute approximate surface area is 118 Å². The van der Waals surface area contributed by atoms with Crippen molar-refractivity contribution in [2.75, 3.05) is 5.73 Å². The van der Waals surface area contributed by atoms with Gasteiger partial charge in [0.05, 0.1) is 10.7 Å². The Kier molecular flexibility index (Phi) is 3.08. The molecule has 0 saturated carbocycles. The SMILES string of the molecule is Nc1cc(-c2nnnn2-c2ccccc2F)ccc1Cl. The molecule has 0 atom stereocenters. The summed E-state index contributed by atoms with van der Waals surface area (Å²) in [5.41, 5.74) is 7.09. The summed E-state index contributed by atoms with van der Waals surface area (Å²) in [7, 11) is 0. The third-order valence-corrected chi connectivity index (χ3v) is 3.15. The Morgan fingerprint density at radius 1 is 1.15 bits per heavy atom. The molecule has 5 nitrogen and oxygen atoms in total. The Hall–Kier alpha value is -2.47. The Morgan fingerprint density at radius 3 is 2.70 bits per heavy atom. The van der Waals surface area contributed by atoms with Gasteiger partial charge in [-0.25, -0.2) is 4.39 Å². The molecule has 100 valence electrons. The van der Waals surface area contributed by atoms with Crippen molar-refractivity contribution in [3.8, 4) is 17.1 Å². The predicted octanol–water partition coefficient (Wildman–Crippen LogP) is 2.70. The van der Waals surface area contributed by atoms with Gasteiger partial charge in [0.15, 0.2) is 5.82 Å². The molecule has 20 heavy (non-hydrogen) atoms. The number of halogens is 2. The number of anilines is 1. The first-order valence-electron chi connectivity index (χ1n) is 5.75. The van der Waals surface area contributed by atoms with Crippen molar-refractivity contribution in [2.45, 2.75) is 0 Å². The lowest BCUT2D eigenvalue weighted by Gasteiger charge is -2.06. The maximum atomic E-state index is 13.8. The number of hydrogen-bond acceptors (Lipinski definition) is 4. The zero-order valence-corrected chi connectivity index (χ0v) is 10.9. The van der Waals surface area contributed by atoms with Crippen molar-refractivity contribution in [3.63, 3.8) is 0 Å². The smallest absolute Gasteiger partial charge is 0.187 e. The molecule has 0 saturated heterocycles. The summed E-state index contributed by atoms with van der Waals surface area (Å²) in [6.07, 6.45) is 0. The molecule has 0 radical (unpaired) electrons. The van der Waals surface area contributed by atoms with Crippen LogP contribution in [0.2, 0.25) is 5.02 Å². The molecule has 2 aromatic carbocycles. The lowest BCUT2D eigenvalue weighted by Crippen LogP contribution is -2.02. The van der Waals surface area contributed by atoms with Crippen LogP contribution in [0, 0.1) is 5.82 Å². The second kappa shape index (κ2) is 4.90. The second-order valence-corrected chi connectivity index (χ2v) is 4.51. The Balaban J connectivity index is 2.15. The highest BCUT2D eigenvalue weighted by Gasteiger charge is 2.14. The van der Waals surface area contributed by atoms with E-state index in [0.717, 1.165) is 0 Å². The third kappa shape index (κ3) is 2.10. The van der Waals surface area contributed by atoms with Gasteiger partial charge in [-0.05, 0) is 40.8 Å². The number of para-hydroxylation sites is 1. The van der Waals surface area contributed by atoms with E-state index < -0.39 is 5.82 Å². The number of rotatable bonds is 2. The monoisotopic (exact) mass is 289 g/mol. The molecule has 0 spiro atoms. The van der Waals surface area contributed by atoms with Gasteiger partial charge >= 0.3 is 0 Å². The number of aromatic nitrogens is 4. The van der Waals surface area contributed by atoms with E-state index in [2.05, 4.69) is 15.5 Å². The van der Waals surface area contributed by atoms with E-state index in [4.69, 9.17) is 17.3 Å². The molecule has 0 aliphatic rings. The van der Waals surface area contributed by atoms with Gasteiger partial charge in [-0.3, -0.25) is 0 Å². The molecular weight excluding hydrogens is 281 g/mol. The molecule has 1 heterocycles. The van der Waals surface area contributed by atoms with E-state index >= 15 is 0 Å². The van der Waals surface area contributed by atoms with Gasteiger partial charge in [-0.2, -0.15) is 4.68 Å². The Morgan fingerprint density at radius 2 is 1.95 bits per heavy atom. The van der Waals surface area contributed by atoms with Gasteiger partial charge in [0.25, 0.3) is 0 Å². The van der Waals surface area contributed by atoms with Crippen molar-refractivity contribution in [2.24, 2.45) is 0 Å². The van der Waals surface area contributed by atoms with E-state index in [1.54, 1.807) is 36.4 Å². The van der Waals surface area contributed by atoms with Gasteiger partial charge in [0.1, 0.15) is 11.5 Å². The number of hydrogen-bond donors (Lipinski definition) is 1. The topological polar surface area (TPSA) is 69.6 Å². The van der Waals surface area contributed by atoms with E-state index in [9.17, 15) is 4.39 Å². The number of nitrogens with zero attached hydrogens (tertiary/aromatic N) is 4. The van der Waals surface area contributed by atoms with Gasteiger partial charge in [0.2, 0.25) is 0 Å². The Bertz CT molecular complexity index is 771. The quantitative estimate of drug-likeness (QED) is 0.736. The zero-order chi connectivity index (χ0) is 14.1. The second-order valence-electron chi connectivity index (χ2n) is 4.10. The van der Waals surface area contributed by atoms with Crippen LogP contribution < -0.4 is 5.73 Å². The van der Waals surface area contributed by atoms with Crippen LogP contribution in [-0.2, 0) is 0 Å². The van der Waals surface area contributed by atoms with E-state index in [1.807, 2.05) is 0 Å². The van der Waals surface area contributed by atoms with E-state index in [-0.39, 0.29) is 5.69 Å². The zero-order valence-electron chi connectivity index (χ0n) is 10.2. The van der Waals surface area contributed by atoms with E-state index in [0.29, 0.717) is 22.1 Å². The minimum atomic E-state index is -0.414. The fourth-order valence-corrected chi connectivity index (χ4v) is 1.95. The number of tetrazole rings is 1. The molecule has 0 aliphatic carbocycles. The predicted molar refractivity (Wildman–Crippen MR) is 74.0 cm³/mol. The molecule has 7 heteroatoms. The maximum Gasteiger partial charge on any atom is 0.187 e. The summed E-state index contributed by atoms with van der Waals surface area (Å²) in [6, 6.07) is 11.3. The van der Waals surface area contributed by atoms with Crippen LogP contribution in [0.1, 0.15) is 0 Å². The number of benzene rings is 2. The van der Waals surface area contributed by atoms with Crippen LogP contribution >= 0.6 is 11.6 Å². The molecule has 0 bridgehead atoms. The van der Waals surface area contributed by atoms with Gasteiger partial charge < -0.3 is 5.73 Å². The summed E-state index contributed by atoms with van der Waals surface area (Å²) in [6.45, 7) is 0. The normalized spacial score (nSPS) is 10.7. The molecule has 2 N–H and O–H groups in total. The van der Waals surface area contributed by atoms with Gasteiger partial charge in [-0.15, -0.1) is 5.10 Å². The standard InChI is InChI=1S/C13H9ClFN5/c14-9-6-5-8(7-11(9)16)13-17-18-19-20(13)12-4-2-1-3-10(12)15/h1-7H,16H2. The van der Waals surface area contributed by atoms with Crippen LogP contribution in [0.4, 0.5) is 10.1 Å². The summed E-state index contributed by atoms with van der Waals surface area (Å²) in [4.78, 5) is 0. The molecule has 0 amide bonds. The van der Waals surface area contributed by atoms with Crippen LogP contribution in [0.5, 0.6) is 0 Å². The van der Waals surface area contributed by atoms with Crippen molar-refractivity contribution < 1.29 is 4.39 Å². The lowest BCUT2D eigenvalue weighted by molar-refractivity contribution is 0.608. The first-order valence-corrected chi connectivity index (χ1v) is 6.13. The average Bonchev–Trinajstić information content (AvgIpc) is 2.91. The summed E-state index contributed by atoms with van der Waals surface area (Å²) >= 11 is 5.88. The first kappa shape index (κ1) is 12.6. The third-order valence-electron chi connectivity index (χ3n) is 2.80. The highest BCUT2D eigenvalue weighted by molar-refractivity contribution is 6.33. The van der Waals surface area contributed by atoms with Crippen LogP contribution in [0.25, 0.3) is 17.1 Å². The lowest BCUT2D eigenvalue weighted by atomic mass is 10.2. The van der Waals surface area contributed by atoms with Crippen molar-refractivity contribution in [1.29, 1.82) is 0 Å². The minimum absolute atomic E-state index is 0.265. The fraction of sp³-hybridized carbons (Fsp3) is 0. The number of nitrogen functional groups attached to an aromatic ring is 1. The summed E-state index contributed by atoms with van der Waals surface area (Å²) in [5, 5.41) is 11.8. The van der Waals surface area contributed by atoms with Crippen LogP contribution in [-0.4, -0.2) is 20.2 Å². The van der Waals surface area contributed by atoms with Crippen molar-refractivity contribution in [1.82, 2.24) is 20.2 Å². The van der Waals surface area contributed by atoms with Crippen molar-refractivity contribution in [3.05, 3.63) is 53.3 Å². The van der Waals surface area contributed by atoms with Crippen LogP contribution in [0.3, 0.4) is 0 Å². The van der Waals surface area contributed by atoms with E-state index in [1.165, 1.54) is 10.7 Å².